The second-order valence-electron chi connectivity index (χ2n) is 11.6. The van der Waals surface area contributed by atoms with Crippen molar-refractivity contribution in [3.63, 3.8) is 0 Å². The van der Waals surface area contributed by atoms with Crippen molar-refractivity contribution in [3.8, 4) is 11.5 Å². The highest BCUT2D eigenvalue weighted by atomic mass is 32.2. The van der Waals surface area contributed by atoms with Gasteiger partial charge in [0.2, 0.25) is 15.9 Å². The van der Waals surface area contributed by atoms with Gasteiger partial charge in [-0.2, -0.15) is 4.31 Å². The molecule has 3 unspecified atom stereocenters. The molecule has 3 aliphatic carbocycles. The molecule has 0 radical (unpaired) electrons. The second kappa shape index (κ2) is 8.73. The Kier molecular flexibility index (Phi) is 5.55. The fourth-order valence-corrected chi connectivity index (χ4v) is 8.72. The monoisotopic (exact) mass is 522 g/mol. The molecule has 2 aromatic rings. The van der Waals surface area contributed by atoms with Gasteiger partial charge >= 0.3 is 0 Å². The van der Waals surface area contributed by atoms with E-state index >= 15 is 0 Å². The minimum absolute atomic E-state index is 0.0207. The summed E-state index contributed by atoms with van der Waals surface area (Å²) in [5, 5.41) is 0. The summed E-state index contributed by atoms with van der Waals surface area (Å²) in [6.07, 6.45) is 6.33. The lowest BCUT2D eigenvalue weighted by Crippen LogP contribution is -2.52. The van der Waals surface area contributed by atoms with Crippen molar-refractivity contribution in [1.82, 2.24) is 9.21 Å². The van der Waals surface area contributed by atoms with Crippen molar-refractivity contribution in [3.05, 3.63) is 53.6 Å². The summed E-state index contributed by atoms with van der Waals surface area (Å²) in [4.78, 5) is 16.6. The van der Waals surface area contributed by atoms with Gasteiger partial charge in [-0.15, -0.1) is 0 Å². The highest BCUT2D eigenvalue weighted by molar-refractivity contribution is 7.89. The van der Waals surface area contributed by atoms with Crippen LogP contribution in [0.25, 0.3) is 0 Å². The molecule has 196 valence electrons. The lowest BCUT2D eigenvalue weighted by Gasteiger charge is -2.38. The van der Waals surface area contributed by atoms with Crippen LogP contribution < -0.4 is 9.47 Å². The van der Waals surface area contributed by atoms with Crippen LogP contribution in [-0.4, -0.2) is 55.9 Å². The SMILES string of the molecule is COc1ccc(S(=O)(=O)N2C[C@H]3C[C@H]3[C@H]2C(=O)N(Cc2ccc3c(c2)OCC3)C2CCC3CC3C2)cc1. The number of sulfonamides is 1. The molecule has 7 rings (SSSR count). The fraction of sp³-hybridized carbons (Fsp3) is 0.552. The van der Waals surface area contributed by atoms with E-state index in [9.17, 15) is 13.2 Å². The average Bonchev–Trinajstić information content (AvgIpc) is 3.78. The summed E-state index contributed by atoms with van der Waals surface area (Å²) in [7, 11) is -2.24. The first-order valence-electron chi connectivity index (χ1n) is 13.6. The van der Waals surface area contributed by atoms with Crippen molar-refractivity contribution in [2.24, 2.45) is 23.7 Å². The normalized spacial score (nSPS) is 31.6. The quantitative estimate of drug-likeness (QED) is 0.552. The molecule has 5 aliphatic rings. The number of methoxy groups -OCH3 is 1. The van der Waals surface area contributed by atoms with Gasteiger partial charge in [0.05, 0.1) is 18.6 Å². The fourth-order valence-electron chi connectivity index (χ4n) is 7.04. The third-order valence-corrected chi connectivity index (χ3v) is 11.2. The number of ether oxygens (including phenoxy) is 2. The van der Waals surface area contributed by atoms with Crippen molar-refractivity contribution in [2.45, 2.75) is 62.0 Å². The zero-order valence-corrected chi connectivity index (χ0v) is 22.0. The largest absolute Gasteiger partial charge is 0.497 e. The molecule has 4 fully saturated rings. The van der Waals surface area contributed by atoms with Crippen LogP contribution >= 0.6 is 0 Å². The van der Waals surface area contributed by atoms with Crippen LogP contribution in [0.15, 0.2) is 47.4 Å². The molecular weight excluding hydrogens is 488 g/mol. The van der Waals surface area contributed by atoms with E-state index in [0.717, 1.165) is 49.3 Å². The Hall–Kier alpha value is -2.58. The summed E-state index contributed by atoms with van der Waals surface area (Å²) in [5.74, 6) is 3.44. The van der Waals surface area contributed by atoms with Crippen LogP contribution in [-0.2, 0) is 27.8 Å². The first-order valence-corrected chi connectivity index (χ1v) is 15.1. The van der Waals surface area contributed by atoms with E-state index in [1.807, 2.05) is 4.90 Å². The van der Waals surface area contributed by atoms with Gasteiger partial charge < -0.3 is 14.4 Å². The number of nitrogens with zero attached hydrogens (tertiary/aromatic N) is 2. The molecule has 1 amide bonds. The van der Waals surface area contributed by atoms with Crippen molar-refractivity contribution >= 4 is 15.9 Å². The van der Waals surface area contributed by atoms with Gasteiger partial charge in [-0.05, 0) is 97.2 Å². The van der Waals surface area contributed by atoms with Crippen molar-refractivity contribution in [2.75, 3.05) is 20.3 Å². The van der Waals surface area contributed by atoms with Gasteiger partial charge in [0, 0.05) is 25.6 Å². The average molecular weight is 523 g/mol. The molecule has 37 heavy (non-hydrogen) atoms. The highest BCUT2D eigenvalue weighted by Crippen LogP contribution is 2.53. The zero-order valence-electron chi connectivity index (χ0n) is 21.2. The van der Waals surface area contributed by atoms with Gasteiger partial charge in [-0.3, -0.25) is 4.79 Å². The highest BCUT2D eigenvalue weighted by Gasteiger charge is 2.60. The third-order valence-electron chi connectivity index (χ3n) is 9.38. The number of fused-ring (bicyclic) bond motifs is 3. The van der Waals surface area contributed by atoms with Crippen LogP contribution in [0.2, 0.25) is 0 Å². The Morgan fingerprint density at radius 3 is 2.68 bits per heavy atom. The van der Waals surface area contributed by atoms with E-state index in [-0.39, 0.29) is 28.7 Å². The van der Waals surface area contributed by atoms with Crippen LogP contribution in [0.3, 0.4) is 0 Å². The van der Waals surface area contributed by atoms with Crippen molar-refractivity contribution < 1.29 is 22.7 Å². The molecule has 0 bridgehead atoms. The summed E-state index contributed by atoms with van der Waals surface area (Å²) in [6.45, 7) is 1.63. The molecule has 0 aromatic heterocycles. The van der Waals surface area contributed by atoms with E-state index in [0.29, 0.717) is 31.4 Å². The number of hydrogen-bond donors (Lipinski definition) is 0. The summed E-state index contributed by atoms with van der Waals surface area (Å²) < 4.78 is 40.0. The Balaban J connectivity index is 1.19. The van der Waals surface area contributed by atoms with E-state index in [1.165, 1.54) is 16.3 Å². The predicted octanol–water partition coefficient (Wildman–Crippen LogP) is 3.86. The maximum atomic E-state index is 14.4. The van der Waals surface area contributed by atoms with Gasteiger partial charge in [0.25, 0.3) is 0 Å². The van der Waals surface area contributed by atoms with Crippen LogP contribution in [0.5, 0.6) is 11.5 Å². The number of hydrogen-bond acceptors (Lipinski definition) is 5. The Labute approximate surface area is 218 Å². The number of carbonyl (C=O) groups is 1. The molecule has 0 N–H and O–H groups in total. The Morgan fingerprint density at radius 1 is 1.05 bits per heavy atom. The Bertz CT molecular complexity index is 1330. The number of piperidine rings is 1. The molecule has 2 heterocycles. The van der Waals surface area contributed by atoms with E-state index in [1.54, 1.807) is 31.4 Å². The minimum Gasteiger partial charge on any atom is -0.497 e. The standard InChI is InChI=1S/C29H34N2O5S/c1-35-24-6-8-25(9-7-24)37(33,34)31-17-22-15-26(22)28(31)29(32)30(23-5-4-20-13-21(20)14-23)16-18-2-3-19-10-11-36-27(19)12-18/h2-3,6-9,12,20-23,26,28H,4-5,10-11,13-17H2,1H3/t20?,21?,22-,23?,26-,28+/m1/s1. The van der Waals surface area contributed by atoms with E-state index < -0.39 is 16.1 Å². The molecule has 3 saturated carbocycles. The van der Waals surface area contributed by atoms with E-state index in [4.69, 9.17) is 9.47 Å². The first kappa shape index (κ1) is 23.5. The lowest BCUT2D eigenvalue weighted by molar-refractivity contribution is -0.139. The molecular formula is C29H34N2O5S. The maximum Gasteiger partial charge on any atom is 0.243 e. The first-order chi connectivity index (χ1) is 17.9. The summed E-state index contributed by atoms with van der Waals surface area (Å²) >= 11 is 0. The minimum atomic E-state index is -3.80. The summed E-state index contributed by atoms with van der Waals surface area (Å²) in [6, 6.07) is 12.3. The van der Waals surface area contributed by atoms with Crippen molar-refractivity contribution in [1.29, 1.82) is 0 Å². The van der Waals surface area contributed by atoms with Crippen LogP contribution in [0.4, 0.5) is 0 Å². The Morgan fingerprint density at radius 2 is 1.89 bits per heavy atom. The maximum absolute atomic E-state index is 14.4. The second-order valence-corrected chi connectivity index (χ2v) is 13.5. The number of amides is 1. The zero-order chi connectivity index (χ0) is 25.3. The smallest absolute Gasteiger partial charge is 0.243 e. The van der Waals surface area contributed by atoms with Crippen LogP contribution in [0.1, 0.15) is 43.2 Å². The number of carbonyl (C=O) groups excluding carboxylic acids is 1. The molecule has 6 atom stereocenters. The summed E-state index contributed by atoms with van der Waals surface area (Å²) in [5.41, 5.74) is 2.27. The van der Waals surface area contributed by atoms with Gasteiger partial charge in [-0.1, -0.05) is 12.1 Å². The molecule has 7 nitrogen and oxygen atoms in total. The van der Waals surface area contributed by atoms with Crippen LogP contribution in [0, 0.1) is 23.7 Å². The van der Waals surface area contributed by atoms with Gasteiger partial charge in [0.15, 0.2) is 0 Å². The third kappa shape index (κ3) is 4.13. The predicted molar refractivity (Wildman–Crippen MR) is 138 cm³/mol. The molecule has 2 aliphatic heterocycles. The molecule has 8 heteroatoms. The number of benzene rings is 2. The molecule has 1 saturated heterocycles. The van der Waals surface area contributed by atoms with E-state index in [2.05, 4.69) is 18.2 Å². The van der Waals surface area contributed by atoms with Gasteiger partial charge in [-0.25, -0.2) is 8.42 Å². The van der Waals surface area contributed by atoms with Gasteiger partial charge in [0.1, 0.15) is 17.5 Å². The lowest BCUT2D eigenvalue weighted by atomic mass is 9.93. The molecule has 0 spiro atoms. The topological polar surface area (TPSA) is 76.2 Å². The number of rotatable bonds is 7. The molecule has 2 aromatic carbocycles.